The van der Waals surface area contributed by atoms with Crippen LogP contribution < -0.4 is 0 Å². The molecule has 0 radical (unpaired) electrons. The molecule has 1 fully saturated rings. The highest BCUT2D eigenvalue weighted by Gasteiger charge is 2.32. The molecular formula is C17H22O. The van der Waals surface area contributed by atoms with E-state index in [9.17, 15) is 5.11 Å². The zero-order valence-corrected chi connectivity index (χ0v) is 10.9. The zero-order chi connectivity index (χ0) is 12.8. The van der Waals surface area contributed by atoms with Crippen LogP contribution in [0.3, 0.4) is 0 Å². The predicted octanol–water partition coefficient (Wildman–Crippen LogP) is 3.88. The Balaban J connectivity index is 1.86. The SMILES string of the molecule is C#CCCCC1(O)CCC(c2ccccc2)CC1. The molecule has 0 heterocycles. The third-order valence-electron chi connectivity index (χ3n) is 4.15. The highest BCUT2D eigenvalue weighted by molar-refractivity contribution is 5.20. The van der Waals surface area contributed by atoms with Gasteiger partial charge in [-0.05, 0) is 50.0 Å². The van der Waals surface area contributed by atoms with Crippen LogP contribution in [0.1, 0.15) is 56.4 Å². The van der Waals surface area contributed by atoms with Gasteiger partial charge in [-0.25, -0.2) is 0 Å². The number of unbranched alkanes of at least 4 members (excludes halogenated alkanes) is 1. The van der Waals surface area contributed by atoms with Crippen molar-refractivity contribution < 1.29 is 5.11 Å². The number of benzene rings is 1. The van der Waals surface area contributed by atoms with Gasteiger partial charge in [-0.15, -0.1) is 12.3 Å². The Morgan fingerprint density at radius 1 is 1.22 bits per heavy atom. The maximum atomic E-state index is 10.5. The summed E-state index contributed by atoms with van der Waals surface area (Å²) in [6, 6.07) is 10.7. The Hall–Kier alpha value is -1.26. The summed E-state index contributed by atoms with van der Waals surface area (Å²) in [5, 5.41) is 10.5. The Kier molecular flexibility index (Phi) is 4.44. The third kappa shape index (κ3) is 3.37. The van der Waals surface area contributed by atoms with E-state index in [4.69, 9.17) is 6.42 Å². The Morgan fingerprint density at radius 2 is 1.89 bits per heavy atom. The highest BCUT2D eigenvalue weighted by atomic mass is 16.3. The minimum Gasteiger partial charge on any atom is -0.390 e. The summed E-state index contributed by atoms with van der Waals surface area (Å²) in [6.07, 6.45) is 11.9. The predicted molar refractivity (Wildman–Crippen MR) is 75.3 cm³/mol. The number of hydrogen-bond donors (Lipinski definition) is 1. The van der Waals surface area contributed by atoms with Crippen LogP contribution in [-0.2, 0) is 0 Å². The number of terminal acetylenes is 1. The molecule has 2 rings (SSSR count). The summed E-state index contributed by atoms with van der Waals surface area (Å²) in [6.45, 7) is 0. The lowest BCUT2D eigenvalue weighted by Crippen LogP contribution is -2.33. The van der Waals surface area contributed by atoms with E-state index in [0.717, 1.165) is 44.9 Å². The summed E-state index contributed by atoms with van der Waals surface area (Å²) < 4.78 is 0. The second kappa shape index (κ2) is 6.07. The van der Waals surface area contributed by atoms with E-state index in [2.05, 4.69) is 36.3 Å². The summed E-state index contributed by atoms with van der Waals surface area (Å²) in [7, 11) is 0. The Labute approximate surface area is 110 Å². The smallest absolute Gasteiger partial charge is 0.0648 e. The van der Waals surface area contributed by atoms with Crippen molar-refractivity contribution in [3.63, 3.8) is 0 Å². The van der Waals surface area contributed by atoms with E-state index >= 15 is 0 Å². The minimum absolute atomic E-state index is 0.456. The van der Waals surface area contributed by atoms with Crippen molar-refractivity contribution in [2.24, 2.45) is 0 Å². The van der Waals surface area contributed by atoms with Crippen molar-refractivity contribution in [3.05, 3.63) is 35.9 Å². The first-order chi connectivity index (χ1) is 8.73. The molecule has 0 saturated heterocycles. The zero-order valence-electron chi connectivity index (χ0n) is 10.9. The first-order valence-corrected chi connectivity index (χ1v) is 6.94. The maximum absolute atomic E-state index is 10.5. The second-order valence-corrected chi connectivity index (χ2v) is 5.47. The molecule has 0 amide bonds. The second-order valence-electron chi connectivity index (χ2n) is 5.47. The normalized spacial score (nSPS) is 27.7. The van der Waals surface area contributed by atoms with E-state index in [1.807, 2.05) is 0 Å². The van der Waals surface area contributed by atoms with Crippen molar-refractivity contribution in [1.82, 2.24) is 0 Å². The molecule has 1 saturated carbocycles. The molecule has 1 aromatic carbocycles. The third-order valence-corrected chi connectivity index (χ3v) is 4.15. The highest BCUT2D eigenvalue weighted by Crippen LogP contribution is 2.40. The van der Waals surface area contributed by atoms with Gasteiger partial charge in [0.2, 0.25) is 0 Å². The molecule has 96 valence electrons. The van der Waals surface area contributed by atoms with Crippen LogP contribution in [0.15, 0.2) is 30.3 Å². The van der Waals surface area contributed by atoms with Gasteiger partial charge in [0.1, 0.15) is 0 Å². The summed E-state index contributed by atoms with van der Waals surface area (Å²) >= 11 is 0. The molecule has 0 atom stereocenters. The van der Waals surface area contributed by atoms with Crippen LogP contribution in [0.4, 0.5) is 0 Å². The van der Waals surface area contributed by atoms with Crippen LogP contribution in [-0.4, -0.2) is 10.7 Å². The van der Waals surface area contributed by atoms with E-state index in [1.54, 1.807) is 0 Å². The van der Waals surface area contributed by atoms with Gasteiger partial charge in [0.25, 0.3) is 0 Å². The molecule has 1 aliphatic carbocycles. The van der Waals surface area contributed by atoms with Gasteiger partial charge in [0.15, 0.2) is 0 Å². The molecule has 0 aromatic heterocycles. The summed E-state index contributed by atoms with van der Waals surface area (Å²) in [4.78, 5) is 0. The first-order valence-electron chi connectivity index (χ1n) is 6.94. The first kappa shape index (κ1) is 13.2. The molecule has 0 unspecified atom stereocenters. The lowest BCUT2D eigenvalue weighted by atomic mass is 9.74. The topological polar surface area (TPSA) is 20.2 Å². The van der Waals surface area contributed by atoms with Crippen LogP contribution in [0, 0.1) is 12.3 Å². The maximum Gasteiger partial charge on any atom is 0.0648 e. The number of aliphatic hydroxyl groups is 1. The van der Waals surface area contributed by atoms with Gasteiger partial charge in [0.05, 0.1) is 5.60 Å². The Bertz CT molecular complexity index is 393. The van der Waals surface area contributed by atoms with Gasteiger partial charge in [-0.1, -0.05) is 30.3 Å². The molecule has 18 heavy (non-hydrogen) atoms. The van der Waals surface area contributed by atoms with Crippen molar-refractivity contribution in [2.75, 3.05) is 0 Å². The van der Waals surface area contributed by atoms with Crippen LogP contribution in [0.25, 0.3) is 0 Å². The van der Waals surface area contributed by atoms with Crippen LogP contribution in [0.2, 0.25) is 0 Å². The molecule has 0 spiro atoms. The largest absolute Gasteiger partial charge is 0.390 e. The van der Waals surface area contributed by atoms with E-state index < -0.39 is 5.60 Å². The quantitative estimate of drug-likeness (QED) is 0.627. The van der Waals surface area contributed by atoms with Crippen molar-refractivity contribution in [3.8, 4) is 12.3 Å². The molecule has 0 bridgehead atoms. The van der Waals surface area contributed by atoms with E-state index in [1.165, 1.54) is 5.56 Å². The van der Waals surface area contributed by atoms with Gasteiger partial charge in [-0.2, -0.15) is 0 Å². The summed E-state index contributed by atoms with van der Waals surface area (Å²) in [5.74, 6) is 3.27. The average Bonchev–Trinajstić information content (AvgIpc) is 2.41. The van der Waals surface area contributed by atoms with Crippen molar-refractivity contribution >= 4 is 0 Å². The fourth-order valence-electron chi connectivity index (χ4n) is 2.98. The molecule has 1 aliphatic rings. The van der Waals surface area contributed by atoms with E-state index in [0.29, 0.717) is 5.92 Å². The van der Waals surface area contributed by atoms with Gasteiger partial charge < -0.3 is 5.11 Å². The molecule has 1 nitrogen and oxygen atoms in total. The molecular weight excluding hydrogens is 220 g/mol. The number of rotatable bonds is 4. The number of hydrogen-bond acceptors (Lipinski definition) is 1. The van der Waals surface area contributed by atoms with Crippen LogP contribution >= 0.6 is 0 Å². The molecule has 1 N–H and O–H groups in total. The van der Waals surface area contributed by atoms with Gasteiger partial charge in [-0.3, -0.25) is 0 Å². The summed E-state index contributed by atoms with van der Waals surface area (Å²) in [5.41, 5.74) is 0.963. The van der Waals surface area contributed by atoms with Crippen molar-refractivity contribution in [2.45, 2.75) is 56.5 Å². The van der Waals surface area contributed by atoms with Crippen LogP contribution in [0.5, 0.6) is 0 Å². The van der Waals surface area contributed by atoms with Gasteiger partial charge >= 0.3 is 0 Å². The Morgan fingerprint density at radius 3 is 2.50 bits per heavy atom. The minimum atomic E-state index is -0.456. The fraction of sp³-hybridized carbons (Fsp3) is 0.529. The monoisotopic (exact) mass is 242 g/mol. The lowest BCUT2D eigenvalue weighted by Gasteiger charge is -2.36. The van der Waals surface area contributed by atoms with E-state index in [-0.39, 0.29) is 0 Å². The molecule has 1 heteroatoms. The lowest BCUT2D eigenvalue weighted by molar-refractivity contribution is -0.00972. The average molecular weight is 242 g/mol. The fourth-order valence-corrected chi connectivity index (χ4v) is 2.98. The standard InChI is InChI=1S/C17H22O/c1-2-3-7-12-17(18)13-10-16(11-14-17)15-8-5-4-6-9-15/h1,4-6,8-9,16,18H,3,7,10-14H2. The molecule has 1 aromatic rings. The van der Waals surface area contributed by atoms with Crippen molar-refractivity contribution in [1.29, 1.82) is 0 Å². The van der Waals surface area contributed by atoms with Gasteiger partial charge in [0, 0.05) is 6.42 Å². The molecule has 0 aliphatic heterocycles.